The molecular formula is C14H13BrN2S. The summed E-state index contributed by atoms with van der Waals surface area (Å²) in [7, 11) is 0. The maximum absolute atomic E-state index is 4.19. The number of hydrogen-bond donors (Lipinski definition) is 1. The van der Waals surface area contributed by atoms with Crippen molar-refractivity contribution >= 4 is 33.4 Å². The minimum absolute atomic E-state index is 0.388. The quantitative estimate of drug-likeness (QED) is 0.882. The van der Waals surface area contributed by atoms with Gasteiger partial charge in [-0.3, -0.25) is 4.98 Å². The summed E-state index contributed by atoms with van der Waals surface area (Å²) in [5, 5.41) is 3.57. The Hall–Kier alpha value is -1.00. The first-order valence-electron chi connectivity index (χ1n) is 5.92. The number of aromatic nitrogens is 1. The molecule has 0 bridgehead atoms. The SMILES string of the molecule is Brc1cncc(NC2CCSc3ccccc32)c1. The van der Waals surface area contributed by atoms with Crippen LogP contribution in [0.1, 0.15) is 18.0 Å². The summed E-state index contributed by atoms with van der Waals surface area (Å²) in [6.45, 7) is 0. The predicted octanol–water partition coefficient (Wildman–Crippen LogP) is 4.49. The fourth-order valence-corrected chi connectivity index (χ4v) is 3.67. The van der Waals surface area contributed by atoms with Crippen LogP contribution in [0, 0.1) is 0 Å². The Morgan fingerprint density at radius 3 is 3.06 bits per heavy atom. The first-order chi connectivity index (χ1) is 8.83. The van der Waals surface area contributed by atoms with E-state index in [1.807, 2.05) is 18.0 Å². The van der Waals surface area contributed by atoms with Gasteiger partial charge in [-0.1, -0.05) is 18.2 Å². The van der Waals surface area contributed by atoms with E-state index < -0.39 is 0 Å². The second kappa shape index (κ2) is 5.33. The lowest BCUT2D eigenvalue weighted by Crippen LogP contribution is -2.16. The first kappa shape index (κ1) is 12.1. The first-order valence-corrected chi connectivity index (χ1v) is 7.69. The highest BCUT2D eigenvalue weighted by molar-refractivity contribution is 9.10. The van der Waals surface area contributed by atoms with Gasteiger partial charge in [-0.05, 0) is 40.0 Å². The highest BCUT2D eigenvalue weighted by atomic mass is 79.9. The van der Waals surface area contributed by atoms with E-state index in [9.17, 15) is 0 Å². The predicted molar refractivity (Wildman–Crippen MR) is 80.1 cm³/mol. The second-order valence-corrected chi connectivity index (χ2v) is 6.32. The smallest absolute Gasteiger partial charge is 0.0542 e. The maximum Gasteiger partial charge on any atom is 0.0542 e. The van der Waals surface area contributed by atoms with Crippen molar-refractivity contribution < 1.29 is 0 Å². The summed E-state index contributed by atoms with van der Waals surface area (Å²) in [6.07, 6.45) is 4.82. The molecule has 0 saturated heterocycles. The molecular weight excluding hydrogens is 308 g/mol. The number of halogens is 1. The van der Waals surface area contributed by atoms with E-state index in [4.69, 9.17) is 0 Å². The summed E-state index contributed by atoms with van der Waals surface area (Å²) in [5.74, 6) is 1.16. The molecule has 4 heteroatoms. The summed E-state index contributed by atoms with van der Waals surface area (Å²) >= 11 is 5.39. The monoisotopic (exact) mass is 320 g/mol. The second-order valence-electron chi connectivity index (χ2n) is 4.26. The molecule has 92 valence electrons. The van der Waals surface area contributed by atoms with Gasteiger partial charge in [0.05, 0.1) is 17.9 Å². The molecule has 2 aromatic rings. The molecule has 0 amide bonds. The van der Waals surface area contributed by atoms with Crippen LogP contribution >= 0.6 is 27.7 Å². The van der Waals surface area contributed by atoms with E-state index in [0.29, 0.717) is 6.04 Å². The average Bonchev–Trinajstić information content (AvgIpc) is 2.39. The summed E-state index contributed by atoms with van der Waals surface area (Å²) in [6, 6.07) is 11.1. The number of pyridine rings is 1. The number of fused-ring (bicyclic) bond motifs is 1. The normalized spacial score (nSPS) is 18.2. The van der Waals surface area contributed by atoms with Gasteiger partial charge in [0.15, 0.2) is 0 Å². The molecule has 1 aromatic heterocycles. The Kier molecular flexibility index (Phi) is 3.57. The Morgan fingerprint density at radius 2 is 2.17 bits per heavy atom. The average molecular weight is 321 g/mol. The van der Waals surface area contributed by atoms with Gasteiger partial charge in [0.2, 0.25) is 0 Å². The highest BCUT2D eigenvalue weighted by Gasteiger charge is 2.19. The standard InChI is InChI=1S/C14H13BrN2S/c15-10-7-11(9-16-8-10)17-13-5-6-18-14-4-2-1-3-12(13)14/h1-4,7-9,13,17H,5-6H2. The minimum atomic E-state index is 0.388. The van der Waals surface area contributed by atoms with E-state index in [-0.39, 0.29) is 0 Å². The van der Waals surface area contributed by atoms with Gasteiger partial charge in [-0.15, -0.1) is 11.8 Å². The topological polar surface area (TPSA) is 24.9 Å². The van der Waals surface area contributed by atoms with Crippen molar-refractivity contribution in [3.63, 3.8) is 0 Å². The van der Waals surface area contributed by atoms with Crippen molar-refractivity contribution in [2.45, 2.75) is 17.4 Å². The Morgan fingerprint density at radius 1 is 1.28 bits per heavy atom. The van der Waals surface area contributed by atoms with Crippen LogP contribution in [0.4, 0.5) is 5.69 Å². The molecule has 1 aliphatic heterocycles. The zero-order chi connectivity index (χ0) is 12.4. The van der Waals surface area contributed by atoms with Gasteiger partial charge >= 0.3 is 0 Å². The van der Waals surface area contributed by atoms with E-state index in [1.165, 1.54) is 10.5 Å². The maximum atomic E-state index is 4.19. The van der Waals surface area contributed by atoms with E-state index in [0.717, 1.165) is 22.3 Å². The molecule has 0 saturated carbocycles. The lowest BCUT2D eigenvalue weighted by atomic mass is 10.0. The fraction of sp³-hybridized carbons (Fsp3) is 0.214. The van der Waals surface area contributed by atoms with E-state index >= 15 is 0 Å². The van der Waals surface area contributed by atoms with Crippen LogP contribution in [0.25, 0.3) is 0 Å². The minimum Gasteiger partial charge on any atom is -0.377 e. The van der Waals surface area contributed by atoms with Crippen LogP contribution in [-0.2, 0) is 0 Å². The van der Waals surface area contributed by atoms with Crippen LogP contribution < -0.4 is 5.32 Å². The zero-order valence-electron chi connectivity index (χ0n) is 9.77. The fourth-order valence-electron chi connectivity index (χ4n) is 2.18. The van der Waals surface area contributed by atoms with Crippen LogP contribution in [0.2, 0.25) is 0 Å². The molecule has 0 spiro atoms. The molecule has 2 nitrogen and oxygen atoms in total. The highest BCUT2D eigenvalue weighted by Crippen LogP contribution is 2.37. The van der Waals surface area contributed by atoms with E-state index in [1.54, 1.807) is 6.20 Å². The Bertz CT molecular complexity index is 559. The lowest BCUT2D eigenvalue weighted by Gasteiger charge is -2.26. The molecule has 0 fully saturated rings. The molecule has 1 unspecified atom stereocenters. The number of thioether (sulfide) groups is 1. The third-order valence-corrected chi connectivity index (χ3v) is 4.56. The van der Waals surface area contributed by atoms with Crippen LogP contribution in [0.15, 0.2) is 52.1 Å². The molecule has 1 aliphatic rings. The van der Waals surface area contributed by atoms with Crippen LogP contribution in [0.3, 0.4) is 0 Å². The van der Waals surface area contributed by atoms with Crippen molar-refractivity contribution in [3.8, 4) is 0 Å². The summed E-state index contributed by atoms with van der Waals surface area (Å²) < 4.78 is 1.01. The van der Waals surface area contributed by atoms with Crippen molar-refractivity contribution in [2.24, 2.45) is 0 Å². The van der Waals surface area contributed by atoms with Gasteiger partial charge in [-0.25, -0.2) is 0 Å². The number of nitrogens with zero attached hydrogens (tertiary/aromatic N) is 1. The summed E-state index contributed by atoms with van der Waals surface area (Å²) in [4.78, 5) is 5.58. The summed E-state index contributed by atoms with van der Waals surface area (Å²) in [5.41, 5.74) is 2.46. The molecule has 3 rings (SSSR count). The van der Waals surface area contributed by atoms with Gasteiger partial charge < -0.3 is 5.32 Å². The molecule has 0 aliphatic carbocycles. The molecule has 18 heavy (non-hydrogen) atoms. The van der Waals surface area contributed by atoms with Gasteiger partial charge in [0.1, 0.15) is 0 Å². The molecule has 0 radical (unpaired) electrons. The van der Waals surface area contributed by atoms with E-state index in [2.05, 4.69) is 56.6 Å². The number of anilines is 1. The third kappa shape index (κ3) is 2.54. The number of nitrogens with one attached hydrogen (secondary N) is 1. The van der Waals surface area contributed by atoms with Crippen molar-refractivity contribution in [3.05, 3.63) is 52.8 Å². The lowest BCUT2D eigenvalue weighted by molar-refractivity contribution is 0.728. The molecule has 1 N–H and O–H groups in total. The zero-order valence-corrected chi connectivity index (χ0v) is 12.2. The Balaban J connectivity index is 1.86. The Labute approximate surface area is 119 Å². The van der Waals surface area contributed by atoms with Gasteiger partial charge in [0.25, 0.3) is 0 Å². The number of hydrogen-bond acceptors (Lipinski definition) is 3. The largest absolute Gasteiger partial charge is 0.377 e. The molecule has 2 heterocycles. The number of benzene rings is 1. The van der Waals surface area contributed by atoms with Crippen molar-refractivity contribution in [1.82, 2.24) is 4.98 Å². The van der Waals surface area contributed by atoms with Crippen molar-refractivity contribution in [2.75, 3.05) is 11.1 Å². The van der Waals surface area contributed by atoms with Gasteiger partial charge in [-0.2, -0.15) is 0 Å². The van der Waals surface area contributed by atoms with Gasteiger partial charge in [0, 0.05) is 21.3 Å². The number of rotatable bonds is 2. The van der Waals surface area contributed by atoms with Crippen LogP contribution in [-0.4, -0.2) is 10.7 Å². The molecule has 1 aromatic carbocycles. The van der Waals surface area contributed by atoms with Crippen LogP contribution in [0.5, 0.6) is 0 Å². The molecule has 1 atom stereocenters. The third-order valence-electron chi connectivity index (χ3n) is 3.00. The van der Waals surface area contributed by atoms with Crippen molar-refractivity contribution in [1.29, 1.82) is 0 Å².